The highest BCUT2D eigenvalue weighted by Crippen LogP contribution is 2.21. The van der Waals surface area contributed by atoms with E-state index in [2.05, 4.69) is 0 Å². The van der Waals surface area contributed by atoms with Crippen LogP contribution in [0, 0.1) is 21.4 Å². The molecular weight excluding hydrogens is 290 g/mol. The second kappa shape index (κ2) is 5.88. The van der Waals surface area contributed by atoms with E-state index in [1.165, 1.54) is 36.4 Å². The first-order valence-corrected chi connectivity index (χ1v) is 6.04. The zero-order valence-electron chi connectivity index (χ0n) is 11.1. The van der Waals surface area contributed by atoms with Crippen molar-refractivity contribution in [1.82, 2.24) is 4.57 Å². The third kappa shape index (κ3) is 2.83. The second-order valence-electron chi connectivity index (χ2n) is 4.33. The summed E-state index contributed by atoms with van der Waals surface area (Å²) in [5.41, 5.74) is -0.313. The van der Waals surface area contributed by atoms with Gasteiger partial charge in [0.05, 0.1) is 10.6 Å². The molecule has 110 valence electrons. The highest BCUT2D eigenvalue weighted by atomic mass is 16.6. The summed E-state index contributed by atoms with van der Waals surface area (Å²) < 4.78 is 0.946. The van der Waals surface area contributed by atoms with E-state index >= 15 is 0 Å². The van der Waals surface area contributed by atoms with Gasteiger partial charge in [0.1, 0.15) is 18.2 Å². The number of hydrogen-bond acceptors (Lipinski definition) is 5. The number of nitro groups is 1. The third-order valence-corrected chi connectivity index (χ3v) is 2.96. The largest absolute Gasteiger partial charge is 0.480 e. The fourth-order valence-corrected chi connectivity index (χ4v) is 1.96. The van der Waals surface area contributed by atoms with E-state index in [0.29, 0.717) is 5.56 Å². The fourth-order valence-electron chi connectivity index (χ4n) is 1.96. The summed E-state index contributed by atoms with van der Waals surface area (Å²) in [6.07, 6.45) is 0. The molecule has 8 nitrogen and oxygen atoms in total. The molecule has 0 radical (unpaired) electrons. The molecule has 1 aromatic heterocycles. The molecule has 0 aliphatic carbocycles. The number of nitro benzene ring substituents is 1. The molecule has 1 N–H and O–H groups in total. The van der Waals surface area contributed by atoms with Crippen molar-refractivity contribution in [3.63, 3.8) is 0 Å². The number of aromatic nitrogens is 1. The summed E-state index contributed by atoms with van der Waals surface area (Å²) in [4.78, 5) is 33.1. The van der Waals surface area contributed by atoms with Crippen LogP contribution in [0.1, 0.15) is 5.56 Å². The normalized spacial score (nSPS) is 9.95. The monoisotopic (exact) mass is 299 g/mol. The summed E-state index contributed by atoms with van der Waals surface area (Å²) in [6.45, 7) is -0.610. The third-order valence-electron chi connectivity index (χ3n) is 2.96. The van der Waals surface area contributed by atoms with Crippen LogP contribution >= 0.6 is 0 Å². The van der Waals surface area contributed by atoms with Crippen molar-refractivity contribution < 1.29 is 14.8 Å². The number of pyridine rings is 1. The molecule has 0 fully saturated rings. The van der Waals surface area contributed by atoms with E-state index in [-0.39, 0.29) is 16.9 Å². The van der Waals surface area contributed by atoms with E-state index < -0.39 is 23.0 Å². The van der Waals surface area contributed by atoms with Gasteiger partial charge in [0.15, 0.2) is 0 Å². The molecular formula is C14H9N3O5. The number of benzene rings is 1. The smallest absolute Gasteiger partial charge is 0.323 e. The predicted molar refractivity (Wildman–Crippen MR) is 75.1 cm³/mol. The van der Waals surface area contributed by atoms with Gasteiger partial charge in [-0.1, -0.05) is 0 Å². The summed E-state index contributed by atoms with van der Waals surface area (Å²) >= 11 is 0. The average molecular weight is 299 g/mol. The number of nitriles is 1. The molecule has 0 atom stereocenters. The fraction of sp³-hybridized carbons (Fsp3) is 0.0714. The molecule has 0 saturated carbocycles. The lowest BCUT2D eigenvalue weighted by Crippen LogP contribution is -2.27. The molecule has 22 heavy (non-hydrogen) atoms. The SMILES string of the molecule is N#Cc1ccc(-c2ccc([N+](=O)[O-])cc2)n(CC(=O)O)c1=O. The van der Waals surface area contributed by atoms with Crippen molar-refractivity contribution in [2.45, 2.75) is 6.54 Å². The van der Waals surface area contributed by atoms with E-state index in [0.717, 1.165) is 4.57 Å². The summed E-state index contributed by atoms with van der Waals surface area (Å²) in [7, 11) is 0. The van der Waals surface area contributed by atoms with Crippen LogP contribution in [-0.4, -0.2) is 20.6 Å². The minimum absolute atomic E-state index is 0.121. The van der Waals surface area contributed by atoms with Crippen molar-refractivity contribution in [1.29, 1.82) is 5.26 Å². The van der Waals surface area contributed by atoms with Gasteiger partial charge in [0.25, 0.3) is 11.2 Å². The van der Waals surface area contributed by atoms with Gasteiger partial charge < -0.3 is 5.11 Å². The first kappa shape index (κ1) is 14.9. The molecule has 0 aliphatic heterocycles. The molecule has 1 aromatic carbocycles. The Balaban J connectivity index is 2.61. The van der Waals surface area contributed by atoms with Crippen molar-refractivity contribution in [3.05, 3.63) is 62.4 Å². The molecule has 2 rings (SSSR count). The van der Waals surface area contributed by atoms with Gasteiger partial charge >= 0.3 is 5.97 Å². The first-order valence-electron chi connectivity index (χ1n) is 6.04. The lowest BCUT2D eigenvalue weighted by Gasteiger charge is -2.11. The van der Waals surface area contributed by atoms with Crippen LogP contribution in [0.15, 0.2) is 41.2 Å². The zero-order valence-corrected chi connectivity index (χ0v) is 11.1. The molecule has 0 bridgehead atoms. The van der Waals surface area contributed by atoms with Gasteiger partial charge in [0, 0.05) is 12.1 Å². The van der Waals surface area contributed by atoms with Gasteiger partial charge in [-0.15, -0.1) is 0 Å². The summed E-state index contributed by atoms with van der Waals surface area (Å²) in [5, 5.41) is 28.4. The molecule has 0 unspecified atom stereocenters. The van der Waals surface area contributed by atoms with Crippen LogP contribution in [0.25, 0.3) is 11.3 Å². The Bertz CT molecular complexity index is 846. The van der Waals surface area contributed by atoms with Gasteiger partial charge in [0.2, 0.25) is 0 Å². The van der Waals surface area contributed by atoms with Gasteiger partial charge in [-0.25, -0.2) is 0 Å². The standard InChI is InChI=1S/C14H9N3O5/c15-7-10-3-6-12(16(14(10)20)8-13(18)19)9-1-4-11(5-2-9)17(21)22/h1-6H,8H2,(H,18,19). The molecule has 1 heterocycles. The number of carboxylic acids is 1. The lowest BCUT2D eigenvalue weighted by molar-refractivity contribution is -0.384. The highest BCUT2D eigenvalue weighted by molar-refractivity contribution is 5.69. The molecule has 0 spiro atoms. The number of carboxylic acid groups (broad SMARTS) is 1. The Morgan fingerprint density at radius 3 is 2.41 bits per heavy atom. The number of nitrogens with zero attached hydrogens (tertiary/aromatic N) is 3. The van der Waals surface area contributed by atoms with Crippen LogP contribution in [-0.2, 0) is 11.3 Å². The lowest BCUT2D eigenvalue weighted by atomic mass is 10.1. The van der Waals surface area contributed by atoms with Crippen molar-refractivity contribution in [2.75, 3.05) is 0 Å². The predicted octanol–water partition coefficient (Wildman–Crippen LogP) is 1.38. The zero-order chi connectivity index (χ0) is 16.3. The average Bonchev–Trinajstić information content (AvgIpc) is 2.49. The summed E-state index contributed by atoms with van der Waals surface area (Å²) in [6, 6.07) is 9.75. The van der Waals surface area contributed by atoms with Crippen LogP contribution in [0.2, 0.25) is 0 Å². The first-order chi connectivity index (χ1) is 10.4. The van der Waals surface area contributed by atoms with Crippen LogP contribution in [0.3, 0.4) is 0 Å². The topological polar surface area (TPSA) is 126 Å². The minimum Gasteiger partial charge on any atom is -0.480 e. The van der Waals surface area contributed by atoms with Gasteiger partial charge in [-0.3, -0.25) is 24.3 Å². The summed E-state index contributed by atoms with van der Waals surface area (Å²) in [5.74, 6) is -1.24. The molecule has 0 saturated heterocycles. The Hall–Kier alpha value is -3.47. The van der Waals surface area contributed by atoms with E-state index in [1.54, 1.807) is 6.07 Å². The molecule has 8 heteroatoms. The second-order valence-corrected chi connectivity index (χ2v) is 4.33. The maximum atomic E-state index is 12.1. The van der Waals surface area contributed by atoms with Gasteiger partial charge in [-0.2, -0.15) is 5.26 Å². The Labute approximate surface area is 123 Å². The van der Waals surface area contributed by atoms with Crippen LogP contribution < -0.4 is 5.56 Å². The number of hydrogen-bond donors (Lipinski definition) is 1. The van der Waals surface area contributed by atoms with Gasteiger partial charge in [-0.05, 0) is 29.8 Å². The Kier molecular flexibility index (Phi) is 3.99. The minimum atomic E-state index is -1.24. The van der Waals surface area contributed by atoms with Crippen molar-refractivity contribution >= 4 is 11.7 Å². The maximum Gasteiger partial charge on any atom is 0.323 e. The number of non-ortho nitro benzene ring substituents is 1. The van der Waals surface area contributed by atoms with E-state index in [1.807, 2.05) is 0 Å². The number of aliphatic carboxylic acids is 1. The number of carbonyl (C=O) groups is 1. The van der Waals surface area contributed by atoms with E-state index in [4.69, 9.17) is 10.4 Å². The molecule has 0 aliphatic rings. The van der Waals surface area contributed by atoms with Crippen LogP contribution in [0.5, 0.6) is 0 Å². The maximum absolute atomic E-state index is 12.1. The van der Waals surface area contributed by atoms with Crippen molar-refractivity contribution in [2.24, 2.45) is 0 Å². The Morgan fingerprint density at radius 2 is 1.91 bits per heavy atom. The van der Waals surface area contributed by atoms with E-state index in [9.17, 15) is 19.7 Å². The quantitative estimate of drug-likeness (QED) is 0.671. The highest BCUT2D eigenvalue weighted by Gasteiger charge is 2.14. The molecule has 0 amide bonds. The number of rotatable bonds is 4. The molecule has 2 aromatic rings. The Morgan fingerprint density at radius 1 is 1.27 bits per heavy atom. The van der Waals surface area contributed by atoms with Crippen LogP contribution in [0.4, 0.5) is 5.69 Å². The van der Waals surface area contributed by atoms with Crippen molar-refractivity contribution in [3.8, 4) is 17.3 Å².